The van der Waals surface area contributed by atoms with Crippen LogP contribution in [0.5, 0.6) is 0 Å². The van der Waals surface area contributed by atoms with Crippen LogP contribution in [-0.4, -0.2) is 35.0 Å². The average molecular weight is 295 g/mol. The summed E-state index contributed by atoms with van der Waals surface area (Å²) in [5.41, 5.74) is 0.380. The van der Waals surface area contributed by atoms with Gasteiger partial charge in [0.15, 0.2) is 0 Å². The van der Waals surface area contributed by atoms with Crippen LogP contribution in [0.25, 0.3) is 0 Å². The Morgan fingerprint density at radius 1 is 1.24 bits per heavy atom. The van der Waals surface area contributed by atoms with Crippen molar-refractivity contribution >= 4 is 11.9 Å². The normalized spacial score (nSPS) is 12.0. The van der Waals surface area contributed by atoms with Crippen LogP contribution in [0.2, 0.25) is 0 Å². The number of aliphatic carboxylic acids is 1. The SMILES string of the molecule is CCCCCN(CC(C)C(=O)O)C(=O)c1ccc(F)cc1. The molecule has 0 aromatic heterocycles. The summed E-state index contributed by atoms with van der Waals surface area (Å²) < 4.78 is 12.9. The molecule has 0 aliphatic heterocycles. The van der Waals surface area contributed by atoms with Crippen molar-refractivity contribution in [2.45, 2.75) is 33.1 Å². The van der Waals surface area contributed by atoms with Gasteiger partial charge in [-0.05, 0) is 30.7 Å². The molecule has 0 bridgehead atoms. The van der Waals surface area contributed by atoms with Gasteiger partial charge in [0.05, 0.1) is 5.92 Å². The minimum absolute atomic E-state index is 0.162. The molecule has 0 aliphatic rings. The first-order valence-electron chi connectivity index (χ1n) is 7.23. The lowest BCUT2D eigenvalue weighted by Crippen LogP contribution is -2.37. The fraction of sp³-hybridized carbons (Fsp3) is 0.500. The molecule has 4 nitrogen and oxygen atoms in total. The van der Waals surface area contributed by atoms with Crippen molar-refractivity contribution in [3.8, 4) is 0 Å². The van der Waals surface area contributed by atoms with Gasteiger partial charge in [-0.3, -0.25) is 9.59 Å². The number of carboxylic acid groups (broad SMARTS) is 1. The molecule has 5 heteroatoms. The Labute approximate surface area is 124 Å². The van der Waals surface area contributed by atoms with Crippen LogP contribution in [0.1, 0.15) is 43.5 Å². The summed E-state index contributed by atoms with van der Waals surface area (Å²) in [6.45, 7) is 4.32. The van der Waals surface area contributed by atoms with Gasteiger partial charge < -0.3 is 10.0 Å². The third kappa shape index (κ3) is 5.53. The molecule has 1 aromatic carbocycles. The van der Waals surface area contributed by atoms with Crippen LogP contribution in [0.15, 0.2) is 24.3 Å². The monoisotopic (exact) mass is 295 g/mol. The maximum absolute atomic E-state index is 12.9. The molecule has 0 saturated carbocycles. The van der Waals surface area contributed by atoms with E-state index in [-0.39, 0.29) is 12.5 Å². The van der Waals surface area contributed by atoms with Crippen LogP contribution in [0.4, 0.5) is 4.39 Å². The predicted molar refractivity (Wildman–Crippen MR) is 78.6 cm³/mol. The number of carboxylic acids is 1. The number of carbonyl (C=O) groups is 2. The van der Waals surface area contributed by atoms with Gasteiger partial charge in [-0.25, -0.2) is 4.39 Å². The van der Waals surface area contributed by atoms with Crippen LogP contribution < -0.4 is 0 Å². The van der Waals surface area contributed by atoms with E-state index in [1.54, 1.807) is 11.8 Å². The number of hydrogen-bond acceptors (Lipinski definition) is 2. The van der Waals surface area contributed by atoms with E-state index in [0.717, 1.165) is 19.3 Å². The largest absolute Gasteiger partial charge is 0.481 e. The van der Waals surface area contributed by atoms with Gasteiger partial charge in [-0.15, -0.1) is 0 Å². The molecule has 1 rings (SSSR count). The maximum atomic E-state index is 12.9. The topological polar surface area (TPSA) is 57.6 Å². The van der Waals surface area contributed by atoms with Gasteiger partial charge in [0.2, 0.25) is 0 Å². The van der Waals surface area contributed by atoms with Crippen molar-refractivity contribution in [1.29, 1.82) is 0 Å². The second-order valence-electron chi connectivity index (χ2n) is 5.20. The number of rotatable bonds is 8. The van der Waals surface area contributed by atoms with E-state index in [4.69, 9.17) is 5.11 Å². The molecule has 1 N–H and O–H groups in total. The van der Waals surface area contributed by atoms with Crippen molar-refractivity contribution in [1.82, 2.24) is 4.90 Å². The summed E-state index contributed by atoms with van der Waals surface area (Å²) in [4.78, 5) is 24.9. The highest BCUT2D eigenvalue weighted by Gasteiger charge is 2.21. The summed E-state index contributed by atoms with van der Waals surface area (Å²) in [5.74, 6) is -2.21. The summed E-state index contributed by atoms with van der Waals surface area (Å²) in [6, 6.07) is 5.32. The molecular weight excluding hydrogens is 273 g/mol. The zero-order valence-electron chi connectivity index (χ0n) is 12.5. The number of amides is 1. The molecule has 0 aliphatic carbocycles. The molecule has 0 saturated heterocycles. The highest BCUT2D eigenvalue weighted by Crippen LogP contribution is 2.11. The highest BCUT2D eigenvalue weighted by atomic mass is 19.1. The Morgan fingerprint density at radius 3 is 2.38 bits per heavy atom. The molecule has 21 heavy (non-hydrogen) atoms. The van der Waals surface area contributed by atoms with E-state index in [1.165, 1.54) is 24.3 Å². The molecule has 0 spiro atoms. The number of nitrogens with zero attached hydrogens (tertiary/aromatic N) is 1. The Kier molecular flexibility index (Phi) is 6.85. The van der Waals surface area contributed by atoms with E-state index in [2.05, 4.69) is 6.92 Å². The van der Waals surface area contributed by atoms with E-state index in [0.29, 0.717) is 12.1 Å². The van der Waals surface area contributed by atoms with Gasteiger partial charge in [0.1, 0.15) is 5.82 Å². The number of benzene rings is 1. The van der Waals surface area contributed by atoms with E-state index in [9.17, 15) is 14.0 Å². The maximum Gasteiger partial charge on any atom is 0.308 e. The lowest BCUT2D eigenvalue weighted by Gasteiger charge is -2.24. The van der Waals surface area contributed by atoms with Crippen molar-refractivity contribution < 1.29 is 19.1 Å². The minimum Gasteiger partial charge on any atom is -0.481 e. The summed E-state index contributed by atoms with van der Waals surface area (Å²) in [7, 11) is 0. The highest BCUT2D eigenvalue weighted by molar-refractivity contribution is 5.94. The number of hydrogen-bond donors (Lipinski definition) is 1. The van der Waals surface area contributed by atoms with Gasteiger partial charge in [0, 0.05) is 18.7 Å². The first-order chi connectivity index (χ1) is 9.95. The van der Waals surface area contributed by atoms with E-state index < -0.39 is 17.7 Å². The Hall–Kier alpha value is -1.91. The summed E-state index contributed by atoms with van der Waals surface area (Å²) in [5, 5.41) is 9.00. The summed E-state index contributed by atoms with van der Waals surface area (Å²) in [6.07, 6.45) is 2.83. The van der Waals surface area contributed by atoms with Crippen molar-refractivity contribution in [2.24, 2.45) is 5.92 Å². The van der Waals surface area contributed by atoms with Crippen LogP contribution >= 0.6 is 0 Å². The zero-order chi connectivity index (χ0) is 15.8. The number of unbranched alkanes of at least 4 members (excludes halogenated alkanes) is 2. The van der Waals surface area contributed by atoms with E-state index >= 15 is 0 Å². The van der Waals surface area contributed by atoms with Gasteiger partial charge >= 0.3 is 5.97 Å². The molecule has 0 heterocycles. The first kappa shape index (κ1) is 17.1. The van der Waals surface area contributed by atoms with Gasteiger partial charge in [0.25, 0.3) is 5.91 Å². The first-order valence-corrected chi connectivity index (χ1v) is 7.23. The molecule has 1 amide bonds. The van der Waals surface area contributed by atoms with Gasteiger partial charge in [-0.2, -0.15) is 0 Å². The zero-order valence-corrected chi connectivity index (χ0v) is 12.5. The Morgan fingerprint density at radius 2 is 1.86 bits per heavy atom. The van der Waals surface area contributed by atoms with Crippen LogP contribution in [0.3, 0.4) is 0 Å². The molecule has 1 unspecified atom stereocenters. The molecular formula is C16H22FNO3. The third-order valence-corrected chi connectivity index (χ3v) is 3.33. The number of carbonyl (C=O) groups excluding carboxylic acids is 1. The second kappa shape index (κ2) is 8.39. The van der Waals surface area contributed by atoms with Gasteiger partial charge in [-0.1, -0.05) is 26.7 Å². The fourth-order valence-electron chi connectivity index (χ4n) is 2.01. The molecule has 0 radical (unpaired) electrons. The fourth-order valence-corrected chi connectivity index (χ4v) is 2.01. The van der Waals surface area contributed by atoms with E-state index in [1.807, 2.05) is 0 Å². The average Bonchev–Trinajstić information content (AvgIpc) is 2.46. The molecule has 1 atom stereocenters. The lowest BCUT2D eigenvalue weighted by atomic mass is 10.1. The lowest BCUT2D eigenvalue weighted by molar-refractivity contribution is -0.141. The standard InChI is InChI=1S/C16H22FNO3/c1-3-4-5-10-18(11-12(2)16(20)21)15(19)13-6-8-14(17)9-7-13/h6-9,12H,3-5,10-11H2,1-2H3,(H,20,21). The molecule has 0 fully saturated rings. The third-order valence-electron chi connectivity index (χ3n) is 3.33. The second-order valence-corrected chi connectivity index (χ2v) is 5.20. The quantitative estimate of drug-likeness (QED) is 0.749. The van der Waals surface area contributed by atoms with Crippen molar-refractivity contribution in [2.75, 3.05) is 13.1 Å². The smallest absolute Gasteiger partial charge is 0.308 e. The molecule has 116 valence electrons. The van der Waals surface area contributed by atoms with Crippen molar-refractivity contribution in [3.63, 3.8) is 0 Å². The number of halogens is 1. The minimum atomic E-state index is -0.928. The molecule has 1 aromatic rings. The Balaban J connectivity index is 2.80. The van der Waals surface area contributed by atoms with Crippen LogP contribution in [0, 0.1) is 11.7 Å². The van der Waals surface area contributed by atoms with Crippen LogP contribution in [-0.2, 0) is 4.79 Å². The summed E-state index contributed by atoms with van der Waals surface area (Å²) >= 11 is 0. The predicted octanol–water partition coefficient (Wildman–Crippen LogP) is 3.18. The van der Waals surface area contributed by atoms with Crippen molar-refractivity contribution in [3.05, 3.63) is 35.6 Å². The Bertz CT molecular complexity index is 473.